The van der Waals surface area contributed by atoms with E-state index in [0.717, 1.165) is 12.8 Å². The molecule has 0 aliphatic rings. The number of methoxy groups -OCH3 is 2. The number of carbonyl (C=O) groups is 1. The number of nitriles is 1. The van der Waals surface area contributed by atoms with Crippen molar-refractivity contribution in [2.75, 3.05) is 56.5 Å². The number of anilines is 3. The second-order valence-electron chi connectivity index (χ2n) is 10.9. The Labute approximate surface area is 280 Å². The van der Waals surface area contributed by atoms with Crippen LogP contribution in [0.3, 0.4) is 0 Å². The van der Waals surface area contributed by atoms with Gasteiger partial charge in [-0.15, -0.1) is 15.3 Å². The molecular formula is C30H44N12O4S. The standard InChI is InChI=1S/C30H44N12O4S/c1-7-30(47,8-2)15-23(43)46-14-10-13-32-26-24(27(35-20(3)18-44-5)38-28(37-26)36-21(4)19-45-6)39-40-25-22(16-31)17-42(41-25)29-33-11-9-12-34-29/h9,11-12,17,20-21,47H,7-8,10,13-15,18-19H2,1-6H3,(H3,32,35,36,37,38)/b40-39-. The maximum atomic E-state index is 12.4. The van der Waals surface area contributed by atoms with Gasteiger partial charge in [-0.3, -0.25) is 4.79 Å². The van der Waals surface area contributed by atoms with Crippen molar-refractivity contribution in [3.8, 4) is 12.0 Å². The van der Waals surface area contributed by atoms with Crippen molar-refractivity contribution in [2.24, 2.45) is 10.2 Å². The summed E-state index contributed by atoms with van der Waals surface area (Å²) in [5, 5.41) is 32.7. The lowest BCUT2D eigenvalue weighted by Crippen LogP contribution is -2.25. The summed E-state index contributed by atoms with van der Waals surface area (Å²) < 4.78 is 17.0. The van der Waals surface area contributed by atoms with E-state index in [1.807, 2.05) is 27.7 Å². The topological polar surface area (TPSA) is 199 Å². The van der Waals surface area contributed by atoms with Crippen LogP contribution >= 0.6 is 12.6 Å². The van der Waals surface area contributed by atoms with Gasteiger partial charge in [0.25, 0.3) is 5.95 Å². The molecule has 16 nitrogen and oxygen atoms in total. The van der Waals surface area contributed by atoms with Crippen LogP contribution < -0.4 is 16.0 Å². The second kappa shape index (κ2) is 18.7. The van der Waals surface area contributed by atoms with Gasteiger partial charge in [0.15, 0.2) is 17.3 Å². The minimum atomic E-state index is -0.377. The third-order valence-corrected chi connectivity index (χ3v) is 7.75. The zero-order chi connectivity index (χ0) is 34.2. The van der Waals surface area contributed by atoms with E-state index in [1.54, 1.807) is 32.7 Å². The van der Waals surface area contributed by atoms with E-state index in [9.17, 15) is 10.1 Å². The Bertz CT molecular complexity index is 1490. The molecule has 0 radical (unpaired) electrons. The van der Waals surface area contributed by atoms with E-state index in [-0.39, 0.29) is 58.8 Å². The third kappa shape index (κ3) is 11.4. The van der Waals surface area contributed by atoms with Crippen LogP contribution in [0.2, 0.25) is 0 Å². The average molecular weight is 669 g/mol. The number of rotatable bonds is 20. The number of thiol groups is 1. The minimum absolute atomic E-state index is 0.0593. The molecule has 3 aromatic heterocycles. The van der Waals surface area contributed by atoms with Gasteiger partial charge in [-0.05, 0) is 39.2 Å². The lowest BCUT2D eigenvalue weighted by atomic mass is 9.98. The summed E-state index contributed by atoms with van der Waals surface area (Å²) in [6.07, 6.45) is 6.89. The number of nitrogens with one attached hydrogen (secondary N) is 3. The number of esters is 1. The molecule has 3 aromatic rings. The largest absolute Gasteiger partial charge is 0.466 e. The van der Waals surface area contributed by atoms with E-state index in [2.05, 4.69) is 69.9 Å². The summed E-state index contributed by atoms with van der Waals surface area (Å²) in [6.45, 7) is 9.30. The molecule has 2 atom stereocenters. The summed E-state index contributed by atoms with van der Waals surface area (Å²) in [7, 11) is 3.22. The first-order valence-electron chi connectivity index (χ1n) is 15.4. The number of hydrogen-bond acceptors (Lipinski definition) is 16. The molecule has 0 aliphatic carbocycles. The zero-order valence-electron chi connectivity index (χ0n) is 27.7. The van der Waals surface area contributed by atoms with Gasteiger partial charge in [-0.2, -0.15) is 27.9 Å². The third-order valence-electron chi connectivity index (χ3n) is 6.96. The van der Waals surface area contributed by atoms with Crippen molar-refractivity contribution >= 4 is 47.7 Å². The van der Waals surface area contributed by atoms with Gasteiger partial charge in [0.1, 0.15) is 11.6 Å². The molecule has 3 rings (SSSR count). The lowest BCUT2D eigenvalue weighted by Gasteiger charge is -2.24. The van der Waals surface area contributed by atoms with Crippen molar-refractivity contribution in [2.45, 2.75) is 70.2 Å². The van der Waals surface area contributed by atoms with Gasteiger partial charge < -0.3 is 30.2 Å². The first-order valence-corrected chi connectivity index (χ1v) is 15.8. The van der Waals surface area contributed by atoms with E-state index < -0.39 is 0 Å². The van der Waals surface area contributed by atoms with Gasteiger partial charge in [-0.1, -0.05) is 13.8 Å². The van der Waals surface area contributed by atoms with Gasteiger partial charge in [0.2, 0.25) is 11.8 Å². The van der Waals surface area contributed by atoms with Gasteiger partial charge in [-0.25, -0.2) is 14.6 Å². The molecule has 3 heterocycles. The van der Waals surface area contributed by atoms with Gasteiger partial charge in [0.05, 0.1) is 32.4 Å². The number of hydrogen-bond donors (Lipinski definition) is 4. The van der Waals surface area contributed by atoms with Crippen LogP contribution in [-0.4, -0.2) is 93.1 Å². The van der Waals surface area contributed by atoms with Gasteiger partial charge >= 0.3 is 5.97 Å². The van der Waals surface area contributed by atoms with Crippen LogP contribution in [0.15, 0.2) is 34.9 Å². The minimum Gasteiger partial charge on any atom is -0.466 e. The van der Waals surface area contributed by atoms with Crippen molar-refractivity contribution < 1.29 is 19.0 Å². The Hall–Kier alpha value is -4.40. The lowest BCUT2D eigenvalue weighted by molar-refractivity contribution is -0.144. The highest BCUT2D eigenvalue weighted by Crippen LogP contribution is 2.35. The molecule has 0 saturated carbocycles. The maximum absolute atomic E-state index is 12.4. The van der Waals surface area contributed by atoms with Crippen LogP contribution in [0.25, 0.3) is 5.95 Å². The fourth-order valence-corrected chi connectivity index (χ4v) is 4.42. The summed E-state index contributed by atoms with van der Waals surface area (Å²) in [5.41, 5.74) is 0.443. The molecule has 254 valence electrons. The summed E-state index contributed by atoms with van der Waals surface area (Å²) in [6, 6.07) is 3.50. The van der Waals surface area contributed by atoms with Crippen molar-refractivity contribution in [1.82, 2.24) is 29.7 Å². The molecule has 2 unspecified atom stereocenters. The Morgan fingerprint density at radius 1 is 1.06 bits per heavy atom. The fourth-order valence-electron chi connectivity index (χ4n) is 4.29. The molecule has 0 amide bonds. The summed E-state index contributed by atoms with van der Waals surface area (Å²) in [5.74, 6) is 1.09. The molecule has 47 heavy (non-hydrogen) atoms. The van der Waals surface area contributed by atoms with Crippen LogP contribution in [0.1, 0.15) is 58.9 Å². The average Bonchev–Trinajstić information content (AvgIpc) is 3.48. The number of ether oxygens (including phenoxy) is 3. The van der Waals surface area contributed by atoms with Crippen molar-refractivity contribution in [1.29, 1.82) is 5.26 Å². The Kier molecular flexibility index (Phi) is 14.7. The molecule has 3 N–H and O–H groups in total. The highest BCUT2D eigenvalue weighted by Gasteiger charge is 2.25. The predicted molar refractivity (Wildman–Crippen MR) is 181 cm³/mol. The first-order chi connectivity index (χ1) is 22.6. The van der Waals surface area contributed by atoms with Crippen molar-refractivity contribution in [3.05, 3.63) is 30.2 Å². The monoisotopic (exact) mass is 668 g/mol. The van der Waals surface area contributed by atoms with Crippen molar-refractivity contribution in [3.63, 3.8) is 0 Å². The molecule has 0 aliphatic heterocycles. The Morgan fingerprint density at radius 2 is 1.72 bits per heavy atom. The van der Waals surface area contributed by atoms with E-state index in [0.29, 0.717) is 43.8 Å². The van der Waals surface area contributed by atoms with E-state index >= 15 is 0 Å². The van der Waals surface area contributed by atoms with Crippen LogP contribution in [0, 0.1) is 11.3 Å². The molecular weight excluding hydrogens is 624 g/mol. The fraction of sp³-hybridized carbons (Fsp3) is 0.567. The first kappa shape index (κ1) is 37.1. The second-order valence-corrected chi connectivity index (χ2v) is 11.8. The molecule has 0 spiro atoms. The van der Waals surface area contributed by atoms with Crippen LogP contribution in [0.4, 0.5) is 29.1 Å². The number of nitrogens with zero attached hydrogens (tertiary/aromatic N) is 9. The van der Waals surface area contributed by atoms with Crippen LogP contribution in [-0.2, 0) is 19.0 Å². The molecule has 0 fully saturated rings. The molecule has 0 bridgehead atoms. The summed E-state index contributed by atoms with van der Waals surface area (Å²) >= 11 is 4.65. The van der Waals surface area contributed by atoms with Crippen LogP contribution in [0.5, 0.6) is 0 Å². The molecule has 0 saturated heterocycles. The Morgan fingerprint density at radius 3 is 2.36 bits per heavy atom. The molecule has 0 aromatic carbocycles. The van der Waals surface area contributed by atoms with E-state index in [1.165, 1.54) is 10.9 Å². The maximum Gasteiger partial charge on any atom is 0.307 e. The number of carbonyl (C=O) groups excluding carboxylic acids is 1. The Balaban J connectivity index is 1.92. The SMILES string of the molecule is CCC(S)(CC)CC(=O)OCCCNc1nc(NC(C)COC)nc(NC(C)COC)c1/N=N\c1nn(-c2ncccn2)cc1C#N. The predicted octanol–water partition coefficient (Wildman–Crippen LogP) is 4.86. The smallest absolute Gasteiger partial charge is 0.307 e. The molecule has 17 heteroatoms. The quantitative estimate of drug-likeness (QED) is 0.0551. The zero-order valence-corrected chi connectivity index (χ0v) is 28.6. The van der Waals surface area contributed by atoms with E-state index in [4.69, 9.17) is 14.2 Å². The number of azo groups is 1. The summed E-state index contributed by atoms with van der Waals surface area (Å²) in [4.78, 5) is 30.1. The van der Waals surface area contributed by atoms with Gasteiger partial charge in [0, 0.05) is 50.0 Å². The highest BCUT2D eigenvalue weighted by atomic mass is 32.1. The normalized spacial score (nSPS) is 12.8. The number of aromatic nitrogens is 6. The highest BCUT2D eigenvalue weighted by molar-refractivity contribution is 7.81.